The Hall–Kier alpha value is -0.610. The fraction of sp³-hybridized carbons (Fsp3) is 0.938. The Bertz CT molecular complexity index is 306. The second kappa shape index (κ2) is 7.99. The molecule has 0 heterocycles. The SMILES string of the molecule is CCNCC(C)C(=O)NCC1(N(C)C)CCCC(C)C1. The van der Waals surface area contributed by atoms with Crippen LogP contribution in [0.2, 0.25) is 0 Å². The van der Waals surface area contributed by atoms with E-state index in [0.29, 0.717) is 0 Å². The van der Waals surface area contributed by atoms with E-state index in [0.717, 1.165) is 25.6 Å². The Morgan fingerprint density at radius 2 is 2.15 bits per heavy atom. The summed E-state index contributed by atoms with van der Waals surface area (Å²) in [6.45, 7) is 8.83. The van der Waals surface area contributed by atoms with E-state index >= 15 is 0 Å². The van der Waals surface area contributed by atoms with Crippen molar-refractivity contribution in [3.63, 3.8) is 0 Å². The highest BCUT2D eigenvalue weighted by Crippen LogP contribution is 2.35. The minimum absolute atomic E-state index is 0.0372. The second-order valence-electron chi connectivity index (χ2n) is 6.75. The molecule has 1 saturated carbocycles. The molecule has 3 unspecified atom stereocenters. The van der Waals surface area contributed by atoms with E-state index in [1.54, 1.807) is 0 Å². The molecule has 0 aromatic rings. The maximum Gasteiger partial charge on any atom is 0.224 e. The van der Waals surface area contributed by atoms with E-state index in [1.807, 2.05) is 6.92 Å². The van der Waals surface area contributed by atoms with Gasteiger partial charge in [0.05, 0.1) is 0 Å². The third-order valence-electron chi connectivity index (χ3n) is 4.76. The topological polar surface area (TPSA) is 44.4 Å². The van der Waals surface area contributed by atoms with Gasteiger partial charge in [0.2, 0.25) is 5.91 Å². The zero-order chi connectivity index (χ0) is 15.2. The molecule has 0 bridgehead atoms. The molecule has 20 heavy (non-hydrogen) atoms. The molecular formula is C16H33N3O. The molecule has 1 rings (SSSR count). The second-order valence-corrected chi connectivity index (χ2v) is 6.75. The van der Waals surface area contributed by atoms with Gasteiger partial charge in [-0.2, -0.15) is 0 Å². The number of rotatable bonds is 7. The molecule has 1 fully saturated rings. The summed E-state index contributed by atoms with van der Waals surface area (Å²) >= 11 is 0. The maximum atomic E-state index is 12.2. The third-order valence-corrected chi connectivity index (χ3v) is 4.76. The van der Waals surface area contributed by atoms with E-state index in [4.69, 9.17) is 0 Å². The fourth-order valence-electron chi connectivity index (χ4n) is 3.24. The van der Waals surface area contributed by atoms with Crippen LogP contribution in [0.25, 0.3) is 0 Å². The highest BCUT2D eigenvalue weighted by atomic mass is 16.1. The van der Waals surface area contributed by atoms with Gasteiger partial charge in [0, 0.05) is 24.5 Å². The minimum atomic E-state index is 0.0372. The van der Waals surface area contributed by atoms with Crippen molar-refractivity contribution in [2.75, 3.05) is 33.7 Å². The molecule has 0 saturated heterocycles. The summed E-state index contributed by atoms with van der Waals surface area (Å²) in [5.74, 6) is 0.961. The minimum Gasteiger partial charge on any atom is -0.354 e. The van der Waals surface area contributed by atoms with Crippen LogP contribution in [0, 0.1) is 11.8 Å². The van der Waals surface area contributed by atoms with Crippen LogP contribution in [0.5, 0.6) is 0 Å². The van der Waals surface area contributed by atoms with E-state index < -0.39 is 0 Å². The van der Waals surface area contributed by atoms with Gasteiger partial charge in [-0.1, -0.05) is 33.6 Å². The van der Waals surface area contributed by atoms with Gasteiger partial charge in [-0.25, -0.2) is 0 Å². The molecule has 1 aliphatic carbocycles. The number of carbonyl (C=O) groups is 1. The van der Waals surface area contributed by atoms with Crippen LogP contribution in [-0.2, 0) is 4.79 Å². The third kappa shape index (κ3) is 4.74. The highest BCUT2D eigenvalue weighted by Gasteiger charge is 2.37. The summed E-state index contributed by atoms with van der Waals surface area (Å²) < 4.78 is 0. The van der Waals surface area contributed by atoms with Crippen LogP contribution in [0.1, 0.15) is 46.5 Å². The lowest BCUT2D eigenvalue weighted by Crippen LogP contribution is -2.55. The molecule has 0 radical (unpaired) electrons. The Morgan fingerprint density at radius 3 is 2.70 bits per heavy atom. The van der Waals surface area contributed by atoms with Crippen LogP contribution >= 0.6 is 0 Å². The van der Waals surface area contributed by atoms with Crippen molar-refractivity contribution in [3.05, 3.63) is 0 Å². The lowest BCUT2D eigenvalue weighted by Gasteiger charge is -2.45. The molecule has 2 N–H and O–H groups in total. The number of nitrogens with zero attached hydrogens (tertiary/aromatic N) is 1. The lowest BCUT2D eigenvalue weighted by molar-refractivity contribution is -0.125. The smallest absolute Gasteiger partial charge is 0.224 e. The average molecular weight is 283 g/mol. The van der Waals surface area contributed by atoms with Crippen molar-refractivity contribution in [1.29, 1.82) is 0 Å². The molecule has 0 aromatic heterocycles. The van der Waals surface area contributed by atoms with Crippen molar-refractivity contribution < 1.29 is 4.79 Å². The van der Waals surface area contributed by atoms with Gasteiger partial charge in [-0.3, -0.25) is 4.79 Å². The summed E-state index contributed by atoms with van der Waals surface area (Å²) in [5, 5.41) is 6.42. The molecule has 0 spiro atoms. The van der Waals surface area contributed by atoms with E-state index in [2.05, 4.69) is 43.5 Å². The lowest BCUT2D eigenvalue weighted by atomic mass is 9.75. The van der Waals surface area contributed by atoms with Gasteiger partial charge in [-0.05, 0) is 39.4 Å². The van der Waals surface area contributed by atoms with Gasteiger partial charge < -0.3 is 15.5 Å². The molecule has 3 atom stereocenters. The zero-order valence-electron chi connectivity index (χ0n) is 14.0. The van der Waals surface area contributed by atoms with Crippen LogP contribution in [0.4, 0.5) is 0 Å². The van der Waals surface area contributed by atoms with Crippen molar-refractivity contribution in [2.24, 2.45) is 11.8 Å². The summed E-state index contributed by atoms with van der Waals surface area (Å²) in [6.07, 6.45) is 4.95. The van der Waals surface area contributed by atoms with E-state index in [1.165, 1.54) is 25.7 Å². The van der Waals surface area contributed by atoms with Crippen LogP contribution in [-0.4, -0.2) is 50.1 Å². The van der Waals surface area contributed by atoms with Crippen LogP contribution < -0.4 is 10.6 Å². The Labute approximate surface area is 124 Å². The first-order valence-electron chi connectivity index (χ1n) is 8.07. The van der Waals surface area contributed by atoms with Gasteiger partial charge in [0.15, 0.2) is 0 Å². The molecule has 4 heteroatoms. The predicted molar refractivity (Wildman–Crippen MR) is 84.8 cm³/mol. The first-order valence-corrected chi connectivity index (χ1v) is 8.07. The first-order chi connectivity index (χ1) is 9.41. The largest absolute Gasteiger partial charge is 0.354 e. The number of hydrogen-bond donors (Lipinski definition) is 2. The molecule has 1 aliphatic rings. The monoisotopic (exact) mass is 283 g/mol. The standard InChI is InChI=1S/C16H33N3O/c1-6-17-11-14(3)15(20)18-12-16(19(4)5)9-7-8-13(2)10-16/h13-14,17H,6-12H2,1-5H3,(H,18,20). The van der Waals surface area contributed by atoms with Crippen molar-refractivity contribution >= 4 is 5.91 Å². The summed E-state index contributed by atoms with van der Waals surface area (Å²) in [6, 6.07) is 0. The molecular weight excluding hydrogens is 250 g/mol. The number of hydrogen-bond acceptors (Lipinski definition) is 3. The maximum absolute atomic E-state index is 12.2. The van der Waals surface area contributed by atoms with Crippen molar-refractivity contribution in [2.45, 2.75) is 52.0 Å². The number of nitrogens with one attached hydrogen (secondary N) is 2. The fourth-order valence-corrected chi connectivity index (χ4v) is 3.24. The molecule has 4 nitrogen and oxygen atoms in total. The van der Waals surface area contributed by atoms with Gasteiger partial charge in [-0.15, -0.1) is 0 Å². The number of likely N-dealkylation sites (N-methyl/N-ethyl adjacent to an activating group) is 1. The normalized spacial score (nSPS) is 28.4. The Balaban J connectivity index is 2.52. The quantitative estimate of drug-likeness (QED) is 0.749. The van der Waals surface area contributed by atoms with Gasteiger partial charge in [0.1, 0.15) is 0 Å². The number of amides is 1. The number of carbonyl (C=O) groups excluding carboxylic acids is 1. The predicted octanol–water partition coefficient (Wildman–Crippen LogP) is 1.86. The van der Waals surface area contributed by atoms with Gasteiger partial charge in [0.25, 0.3) is 0 Å². The first kappa shape index (κ1) is 17.4. The highest BCUT2D eigenvalue weighted by molar-refractivity contribution is 5.78. The zero-order valence-corrected chi connectivity index (χ0v) is 14.0. The van der Waals surface area contributed by atoms with Gasteiger partial charge >= 0.3 is 0 Å². The van der Waals surface area contributed by atoms with E-state index in [9.17, 15) is 4.79 Å². The summed E-state index contributed by atoms with van der Waals surface area (Å²) in [5.41, 5.74) is 0.144. The molecule has 1 amide bonds. The molecule has 0 aromatic carbocycles. The Kier molecular flexibility index (Phi) is 6.96. The summed E-state index contributed by atoms with van der Waals surface area (Å²) in [7, 11) is 4.29. The van der Waals surface area contributed by atoms with Crippen molar-refractivity contribution in [1.82, 2.24) is 15.5 Å². The Morgan fingerprint density at radius 1 is 1.45 bits per heavy atom. The van der Waals surface area contributed by atoms with Crippen molar-refractivity contribution in [3.8, 4) is 0 Å². The van der Waals surface area contributed by atoms with E-state index in [-0.39, 0.29) is 17.4 Å². The van der Waals surface area contributed by atoms with Crippen LogP contribution in [0.3, 0.4) is 0 Å². The van der Waals surface area contributed by atoms with Crippen LogP contribution in [0.15, 0.2) is 0 Å². The summed E-state index contributed by atoms with van der Waals surface area (Å²) in [4.78, 5) is 14.5. The molecule has 118 valence electrons. The average Bonchev–Trinajstić information content (AvgIpc) is 2.41. The molecule has 0 aliphatic heterocycles.